The van der Waals surface area contributed by atoms with Gasteiger partial charge in [0.2, 0.25) is 5.91 Å². The third-order valence-electron chi connectivity index (χ3n) is 6.83. The second-order valence-corrected chi connectivity index (χ2v) is 9.47. The normalized spacial score (nSPS) is 18.8. The van der Waals surface area contributed by atoms with Crippen LogP contribution in [0.25, 0.3) is 11.1 Å². The molecule has 0 saturated heterocycles. The Kier molecular flexibility index (Phi) is 7.91. The van der Waals surface area contributed by atoms with Crippen LogP contribution in [0.15, 0.2) is 67.0 Å². The summed E-state index contributed by atoms with van der Waals surface area (Å²) in [5.41, 5.74) is 10.0. The third-order valence-corrected chi connectivity index (χ3v) is 6.83. The Labute approximate surface area is 202 Å². The minimum absolute atomic E-state index is 0.0482. The second-order valence-electron chi connectivity index (χ2n) is 9.47. The summed E-state index contributed by atoms with van der Waals surface area (Å²) in [5.74, 6) is 1.63. The molecule has 1 atom stereocenters. The summed E-state index contributed by atoms with van der Waals surface area (Å²) in [6, 6.07) is 18.3. The van der Waals surface area contributed by atoms with Gasteiger partial charge in [-0.1, -0.05) is 30.3 Å². The van der Waals surface area contributed by atoms with Crippen LogP contribution in [-0.4, -0.2) is 36.5 Å². The fourth-order valence-corrected chi connectivity index (χ4v) is 4.69. The molecule has 2 heterocycles. The van der Waals surface area contributed by atoms with Crippen LogP contribution in [0.2, 0.25) is 0 Å². The van der Waals surface area contributed by atoms with Gasteiger partial charge in [-0.25, -0.2) is 4.98 Å². The number of nitrogens with zero attached hydrogens (tertiary/aromatic N) is 3. The molecule has 178 valence electrons. The zero-order chi connectivity index (χ0) is 23.9. The van der Waals surface area contributed by atoms with E-state index < -0.39 is 0 Å². The molecule has 1 aliphatic rings. The van der Waals surface area contributed by atoms with Crippen LogP contribution >= 0.6 is 0 Å². The number of amides is 1. The number of aromatic nitrogens is 2. The predicted molar refractivity (Wildman–Crippen MR) is 137 cm³/mol. The summed E-state index contributed by atoms with van der Waals surface area (Å²) in [5, 5.41) is 3.34. The number of hydrogen-bond donors (Lipinski definition) is 2. The molecule has 1 fully saturated rings. The van der Waals surface area contributed by atoms with E-state index >= 15 is 0 Å². The number of nitrogens with one attached hydrogen (secondary N) is 1. The van der Waals surface area contributed by atoms with Crippen molar-refractivity contribution >= 4 is 11.7 Å². The van der Waals surface area contributed by atoms with Gasteiger partial charge in [0.25, 0.3) is 0 Å². The van der Waals surface area contributed by atoms with Gasteiger partial charge in [0.15, 0.2) is 0 Å². The van der Waals surface area contributed by atoms with Gasteiger partial charge in [0.1, 0.15) is 5.82 Å². The zero-order valence-corrected chi connectivity index (χ0v) is 20.2. The summed E-state index contributed by atoms with van der Waals surface area (Å²) in [4.78, 5) is 24.4. The van der Waals surface area contributed by atoms with E-state index in [2.05, 4.69) is 39.6 Å². The molecule has 1 amide bonds. The SMILES string of the molecule is CN(C)c1cc(-c2ccnc(C(Cc3ccccc3)NC(=O)C3CCC(CN)CC3)c2)ccn1. The second kappa shape index (κ2) is 11.3. The lowest BCUT2D eigenvalue weighted by Crippen LogP contribution is -2.37. The van der Waals surface area contributed by atoms with Gasteiger partial charge in [-0.2, -0.15) is 0 Å². The van der Waals surface area contributed by atoms with Crippen molar-refractivity contribution in [2.24, 2.45) is 17.6 Å². The highest BCUT2D eigenvalue weighted by Crippen LogP contribution is 2.30. The lowest BCUT2D eigenvalue weighted by molar-refractivity contribution is -0.127. The quantitative estimate of drug-likeness (QED) is 0.525. The number of anilines is 1. The van der Waals surface area contributed by atoms with Crippen molar-refractivity contribution in [1.82, 2.24) is 15.3 Å². The van der Waals surface area contributed by atoms with Gasteiger partial charge >= 0.3 is 0 Å². The molecule has 0 radical (unpaired) electrons. The molecule has 2 aromatic heterocycles. The molecule has 0 aliphatic heterocycles. The maximum absolute atomic E-state index is 13.3. The first-order valence-electron chi connectivity index (χ1n) is 12.2. The number of pyridine rings is 2. The Morgan fingerprint density at radius 3 is 2.35 bits per heavy atom. The van der Waals surface area contributed by atoms with Crippen LogP contribution < -0.4 is 16.0 Å². The van der Waals surface area contributed by atoms with Crippen LogP contribution in [0.5, 0.6) is 0 Å². The Bertz CT molecular complexity index is 1080. The summed E-state index contributed by atoms with van der Waals surface area (Å²) in [7, 11) is 3.97. The number of carbonyl (C=O) groups excluding carboxylic acids is 1. The van der Waals surface area contributed by atoms with Crippen LogP contribution in [-0.2, 0) is 11.2 Å². The Morgan fingerprint density at radius 2 is 1.68 bits per heavy atom. The largest absolute Gasteiger partial charge is 0.363 e. The molecule has 1 aliphatic carbocycles. The first kappa shape index (κ1) is 23.9. The minimum atomic E-state index is -0.197. The summed E-state index contributed by atoms with van der Waals surface area (Å²) >= 11 is 0. The molecule has 0 spiro atoms. The monoisotopic (exact) mass is 457 g/mol. The zero-order valence-electron chi connectivity index (χ0n) is 20.2. The molecule has 4 rings (SSSR count). The minimum Gasteiger partial charge on any atom is -0.363 e. The predicted octanol–water partition coefficient (Wildman–Crippen LogP) is 4.37. The standard InChI is InChI=1S/C28H35N5O/c1-33(2)27-18-24(13-15-31-27)23-12-14-30-25(17-23)26(16-20-6-4-3-5-7-20)32-28(34)22-10-8-21(19-29)9-11-22/h3-7,12-15,17-18,21-22,26H,8-11,16,19,29H2,1-2H3,(H,32,34). The van der Waals surface area contributed by atoms with E-state index in [0.29, 0.717) is 18.9 Å². The number of benzene rings is 1. The molecular formula is C28H35N5O. The summed E-state index contributed by atoms with van der Waals surface area (Å²) in [6.45, 7) is 0.715. The number of hydrogen-bond acceptors (Lipinski definition) is 5. The van der Waals surface area contributed by atoms with Crippen molar-refractivity contribution < 1.29 is 4.79 Å². The average molecular weight is 458 g/mol. The van der Waals surface area contributed by atoms with E-state index in [-0.39, 0.29) is 17.9 Å². The molecule has 1 saturated carbocycles. The van der Waals surface area contributed by atoms with Crippen molar-refractivity contribution in [1.29, 1.82) is 0 Å². The molecule has 34 heavy (non-hydrogen) atoms. The molecule has 6 heteroatoms. The van der Waals surface area contributed by atoms with E-state index in [4.69, 9.17) is 5.73 Å². The third kappa shape index (κ3) is 6.00. The molecule has 3 N–H and O–H groups in total. The van der Waals surface area contributed by atoms with E-state index in [1.165, 1.54) is 5.56 Å². The first-order valence-corrected chi connectivity index (χ1v) is 12.2. The van der Waals surface area contributed by atoms with E-state index in [0.717, 1.165) is 48.3 Å². The fourth-order valence-electron chi connectivity index (χ4n) is 4.69. The average Bonchev–Trinajstić information content (AvgIpc) is 2.89. The molecule has 3 aromatic rings. The first-order chi connectivity index (χ1) is 16.5. The van der Waals surface area contributed by atoms with Crippen molar-refractivity contribution in [3.63, 3.8) is 0 Å². The van der Waals surface area contributed by atoms with Crippen LogP contribution in [0, 0.1) is 11.8 Å². The lowest BCUT2D eigenvalue weighted by Gasteiger charge is -2.28. The van der Waals surface area contributed by atoms with Gasteiger partial charge < -0.3 is 16.0 Å². The van der Waals surface area contributed by atoms with Crippen LogP contribution in [0.4, 0.5) is 5.82 Å². The maximum atomic E-state index is 13.3. The van der Waals surface area contributed by atoms with Crippen molar-refractivity contribution in [3.8, 4) is 11.1 Å². The van der Waals surface area contributed by atoms with Gasteiger partial charge in [-0.3, -0.25) is 9.78 Å². The van der Waals surface area contributed by atoms with E-state index in [1.807, 2.05) is 61.7 Å². The highest BCUT2D eigenvalue weighted by molar-refractivity contribution is 5.79. The lowest BCUT2D eigenvalue weighted by atomic mass is 9.81. The van der Waals surface area contributed by atoms with E-state index in [1.54, 1.807) is 0 Å². The highest BCUT2D eigenvalue weighted by atomic mass is 16.1. The van der Waals surface area contributed by atoms with Crippen LogP contribution in [0.3, 0.4) is 0 Å². The smallest absolute Gasteiger partial charge is 0.223 e. The van der Waals surface area contributed by atoms with Crippen molar-refractivity contribution in [3.05, 3.63) is 78.2 Å². The van der Waals surface area contributed by atoms with Crippen molar-refractivity contribution in [2.45, 2.75) is 38.1 Å². The van der Waals surface area contributed by atoms with Gasteiger partial charge in [-0.15, -0.1) is 0 Å². The topological polar surface area (TPSA) is 84.1 Å². The molecule has 1 unspecified atom stereocenters. The number of rotatable bonds is 8. The highest BCUT2D eigenvalue weighted by Gasteiger charge is 2.28. The summed E-state index contributed by atoms with van der Waals surface area (Å²) in [6.07, 6.45) is 8.22. The Hall–Kier alpha value is -3.25. The van der Waals surface area contributed by atoms with Gasteiger partial charge in [0.05, 0.1) is 11.7 Å². The summed E-state index contributed by atoms with van der Waals surface area (Å²) < 4.78 is 0. The van der Waals surface area contributed by atoms with E-state index in [9.17, 15) is 4.79 Å². The van der Waals surface area contributed by atoms with Gasteiger partial charge in [0, 0.05) is 32.4 Å². The Balaban J connectivity index is 1.58. The number of carbonyl (C=O) groups is 1. The fraction of sp³-hybridized carbons (Fsp3) is 0.393. The molecule has 0 bridgehead atoms. The molecule has 6 nitrogen and oxygen atoms in total. The van der Waals surface area contributed by atoms with Crippen LogP contribution in [0.1, 0.15) is 43.0 Å². The molecular weight excluding hydrogens is 422 g/mol. The maximum Gasteiger partial charge on any atom is 0.223 e. The molecule has 1 aromatic carbocycles. The van der Waals surface area contributed by atoms with Gasteiger partial charge in [-0.05, 0) is 85.5 Å². The number of nitrogens with two attached hydrogens (primary N) is 1. The van der Waals surface area contributed by atoms with Crippen molar-refractivity contribution in [2.75, 3.05) is 25.5 Å². The Morgan fingerprint density at radius 1 is 1.00 bits per heavy atom.